The second-order valence-corrected chi connectivity index (χ2v) is 7.74. The molecule has 1 N–H and O–H groups in total. The van der Waals surface area contributed by atoms with Crippen molar-refractivity contribution in [1.82, 2.24) is 4.90 Å². The number of hydrogen-bond acceptors (Lipinski definition) is 2. The Kier molecular flexibility index (Phi) is 4.62. The summed E-state index contributed by atoms with van der Waals surface area (Å²) in [7, 11) is 0. The minimum Gasteiger partial charge on any atom is -0.392 e. The lowest BCUT2D eigenvalue weighted by Gasteiger charge is -2.42. The lowest BCUT2D eigenvalue weighted by molar-refractivity contribution is 0.0190. The molecule has 0 aromatic carbocycles. The highest BCUT2D eigenvalue weighted by atomic mass is 16.3. The van der Waals surface area contributed by atoms with Gasteiger partial charge in [-0.1, -0.05) is 40.5 Å². The van der Waals surface area contributed by atoms with Crippen LogP contribution in [0.5, 0.6) is 0 Å². The van der Waals surface area contributed by atoms with Gasteiger partial charge < -0.3 is 10.0 Å². The average Bonchev–Trinajstić information content (AvgIpc) is 2.67. The Morgan fingerprint density at radius 2 is 1.63 bits per heavy atom. The molecular weight excluding hydrogens is 234 g/mol. The molecule has 2 rings (SSSR count). The van der Waals surface area contributed by atoms with E-state index in [9.17, 15) is 5.11 Å². The molecule has 2 nitrogen and oxygen atoms in total. The van der Waals surface area contributed by atoms with Crippen LogP contribution in [0.4, 0.5) is 0 Å². The van der Waals surface area contributed by atoms with Crippen LogP contribution in [0.1, 0.15) is 66.2 Å². The molecule has 0 aromatic heterocycles. The van der Waals surface area contributed by atoms with Gasteiger partial charge in [0.25, 0.3) is 0 Å². The first-order chi connectivity index (χ1) is 8.92. The lowest BCUT2D eigenvalue weighted by Crippen LogP contribution is -2.43. The Balaban J connectivity index is 1.84. The van der Waals surface area contributed by atoms with E-state index in [-0.39, 0.29) is 11.5 Å². The molecule has 2 unspecified atom stereocenters. The summed E-state index contributed by atoms with van der Waals surface area (Å²) in [5.41, 5.74) is 0.751. The Morgan fingerprint density at radius 3 is 2.05 bits per heavy atom. The summed E-state index contributed by atoms with van der Waals surface area (Å²) < 4.78 is 0. The number of likely N-dealkylation sites (tertiary alicyclic amines) is 1. The van der Waals surface area contributed by atoms with Crippen molar-refractivity contribution in [1.29, 1.82) is 0 Å². The SMILES string of the molecule is CCC1(CC)CCN(CC2CCC(C)(C)C2O)CC1. The molecule has 1 saturated carbocycles. The van der Waals surface area contributed by atoms with Crippen LogP contribution in [0, 0.1) is 16.7 Å². The van der Waals surface area contributed by atoms with Gasteiger partial charge in [-0.2, -0.15) is 0 Å². The smallest absolute Gasteiger partial charge is 0.0631 e. The van der Waals surface area contributed by atoms with E-state index in [0.717, 1.165) is 6.54 Å². The van der Waals surface area contributed by atoms with Gasteiger partial charge in [-0.25, -0.2) is 0 Å². The maximum absolute atomic E-state index is 10.4. The largest absolute Gasteiger partial charge is 0.392 e. The first kappa shape index (κ1) is 15.3. The molecule has 1 aliphatic carbocycles. The van der Waals surface area contributed by atoms with E-state index >= 15 is 0 Å². The van der Waals surface area contributed by atoms with Gasteiger partial charge in [-0.3, -0.25) is 0 Å². The molecule has 1 aliphatic heterocycles. The highest BCUT2D eigenvalue weighted by Gasteiger charge is 2.42. The van der Waals surface area contributed by atoms with Crippen LogP contribution < -0.4 is 0 Å². The Labute approximate surface area is 119 Å². The van der Waals surface area contributed by atoms with Gasteiger partial charge in [0.15, 0.2) is 0 Å². The number of aliphatic hydroxyl groups is 1. The Morgan fingerprint density at radius 1 is 1.05 bits per heavy atom. The zero-order valence-electron chi connectivity index (χ0n) is 13.4. The van der Waals surface area contributed by atoms with Crippen molar-refractivity contribution in [3.05, 3.63) is 0 Å². The van der Waals surface area contributed by atoms with E-state index < -0.39 is 0 Å². The number of aliphatic hydroxyl groups excluding tert-OH is 1. The third kappa shape index (κ3) is 3.16. The first-order valence-corrected chi connectivity index (χ1v) is 8.33. The Hall–Kier alpha value is -0.0800. The number of nitrogens with zero attached hydrogens (tertiary/aromatic N) is 1. The molecule has 2 fully saturated rings. The molecule has 2 aliphatic rings. The first-order valence-electron chi connectivity index (χ1n) is 8.33. The van der Waals surface area contributed by atoms with Crippen LogP contribution in [-0.4, -0.2) is 35.7 Å². The number of rotatable bonds is 4. The number of hydrogen-bond donors (Lipinski definition) is 1. The van der Waals surface area contributed by atoms with Gasteiger partial charge in [-0.15, -0.1) is 0 Å². The van der Waals surface area contributed by atoms with Gasteiger partial charge in [0.1, 0.15) is 0 Å². The fourth-order valence-electron chi connectivity index (χ4n) is 4.19. The standard InChI is InChI=1S/C17H33NO/c1-5-17(6-2)9-11-18(12-10-17)13-14-7-8-16(3,4)15(14)19/h14-15,19H,5-13H2,1-4H3. The summed E-state index contributed by atoms with van der Waals surface area (Å²) >= 11 is 0. The number of piperidine rings is 1. The summed E-state index contributed by atoms with van der Waals surface area (Å²) in [5, 5.41) is 10.4. The Bertz CT molecular complexity index is 286. The molecule has 19 heavy (non-hydrogen) atoms. The molecule has 0 amide bonds. The molecule has 0 bridgehead atoms. The van der Waals surface area contributed by atoms with Crippen molar-refractivity contribution >= 4 is 0 Å². The summed E-state index contributed by atoms with van der Waals surface area (Å²) in [6.07, 6.45) is 7.65. The van der Waals surface area contributed by atoms with Crippen LogP contribution in [0.2, 0.25) is 0 Å². The van der Waals surface area contributed by atoms with E-state index in [1.165, 1.54) is 51.6 Å². The van der Waals surface area contributed by atoms with Crippen LogP contribution >= 0.6 is 0 Å². The summed E-state index contributed by atoms with van der Waals surface area (Å²) in [5.74, 6) is 0.505. The van der Waals surface area contributed by atoms with E-state index in [4.69, 9.17) is 0 Å². The van der Waals surface area contributed by atoms with Crippen LogP contribution in [0.3, 0.4) is 0 Å². The predicted octanol–water partition coefficient (Wildman–Crippen LogP) is 3.69. The molecule has 2 heteroatoms. The molecule has 0 radical (unpaired) electrons. The normalized spacial score (nSPS) is 34.6. The van der Waals surface area contributed by atoms with Crippen molar-refractivity contribution < 1.29 is 5.11 Å². The summed E-state index contributed by atoms with van der Waals surface area (Å²) in [6, 6.07) is 0. The molecule has 1 saturated heterocycles. The minimum atomic E-state index is -0.100. The highest BCUT2D eigenvalue weighted by molar-refractivity contribution is 4.93. The second kappa shape index (κ2) is 5.73. The van der Waals surface area contributed by atoms with E-state index in [2.05, 4.69) is 32.6 Å². The van der Waals surface area contributed by atoms with Crippen molar-refractivity contribution in [2.75, 3.05) is 19.6 Å². The van der Waals surface area contributed by atoms with Crippen molar-refractivity contribution in [2.45, 2.75) is 72.3 Å². The zero-order valence-corrected chi connectivity index (χ0v) is 13.4. The topological polar surface area (TPSA) is 23.5 Å². The minimum absolute atomic E-state index is 0.100. The van der Waals surface area contributed by atoms with E-state index in [1.807, 2.05) is 0 Å². The molecule has 112 valence electrons. The van der Waals surface area contributed by atoms with E-state index in [1.54, 1.807) is 0 Å². The average molecular weight is 267 g/mol. The van der Waals surface area contributed by atoms with Crippen LogP contribution in [0.15, 0.2) is 0 Å². The molecule has 1 heterocycles. The zero-order chi connectivity index (χ0) is 14.1. The highest BCUT2D eigenvalue weighted by Crippen LogP contribution is 2.43. The van der Waals surface area contributed by atoms with Gasteiger partial charge in [0.2, 0.25) is 0 Å². The van der Waals surface area contributed by atoms with Gasteiger partial charge in [-0.05, 0) is 55.5 Å². The molecular formula is C17H33NO. The van der Waals surface area contributed by atoms with Crippen molar-refractivity contribution in [3.63, 3.8) is 0 Å². The van der Waals surface area contributed by atoms with Gasteiger partial charge in [0, 0.05) is 6.54 Å². The van der Waals surface area contributed by atoms with Crippen molar-refractivity contribution in [3.8, 4) is 0 Å². The van der Waals surface area contributed by atoms with Gasteiger partial charge >= 0.3 is 0 Å². The maximum Gasteiger partial charge on any atom is 0.0631 e. The monoisotopic (exact) mass is 267 g/mol. The quantitative estimate of drug-likeness (QED) is 0.840. The maximum atomic E-state index is 10.4. The summed E-state index contributed by atoms with van der Waals surface area (Å²) in [4.78, 5) is 2.61. The predicted molar refractivity (Wildman–Crippen MR) is 81.2 cm³/mol. The van der Waals surface area contributed by atoms with Gasteiger partial charge in [0.05, 0.1) is 6.10 Å². The van der Waals surface area contributed by atoms with E-state index in [0.29, 0.717) is 11.3 Å². The van der Waals surface area contributed by atoms with Crippen molar-refractivity contribution in [2.24, 2.45) is 16.7 Å². The fourth-order valence-corrected chi connectivity index (χ4v) is 4.19. The molecule has 2 atom stereocenters. The fraction of sp³-hybridized carbons (Fsp3) is 1.00. The molecule has 0 aromatic rings. The third-order valence-electron chi connectivity index (χ3n) is 6.32. The third-order valence-corrected chi connectivity index (χ3v) is 6.32. The molecule has 0 spiro atoms. The summed E-state index contributed by atoms with van der Waals surface area (Å²) in [6.45, 7) is 12.7. The van der Waals surface area contributed by atoms with Crippen LogP contribution in [0.25, 0.3) is 0 Å². The second-order valence-electron chi connectivity index (χ2n) is 7.74. The van der Waals surface area contributed by atoms with Crippen LogP contribution in [-0.2, 0) is 0 Å². The lowest BCUT2D eigenvalue weighted by atomic mass is 9.74.